The van der Waals surface area contributed by atoms with Crippen molar-refractivity contribution in [3.63, 3.8) is 0 Å². The monoisotopic (exact) mass is 180 g/mol. The van der Waals surface area contributed by atoms with Crippen molar-refractivity contribution in [2.45, 2.75) is 25.3 Å². The molecule has 2 aliphatic heterocycles. The first-order valence-electron chi connectivity index (χ1n) is 5.35. The SMILES string of the molecule is O=C(NCC1CC1)[C@@H]1[C@H]2CN[C@H]1C2. The molecule has 2 aliphatic carbocycles. The fraction of sp³-hybridized carbons (Fsp3) is 0.900. The van der Waals surface area contributed by atoms with Crippen molar-refractivity contribution in [1.29, 1.82) is 0 Å². The molecule has 72 valence electrons. The third kappa shape index (κ3) is 1.26. The van der Waals surface area contributed by atoms with Crippen LogP contribution in [0.15, 0.2) is 0 Å². The summed E-state index contributed by atoms with van der Waals surface area (Å²) in [6.45, 7) is 1.99. The van der Waals surface area contributed by atoms with Crippen LogP contribution in [0.5, 0.6) is 0 Å². The van der Waals surface area contributed by atoms with E-state index in [4.69, 9.17) is 0 Å². The number of amides is 1. The van der Waals surface area contributed by atoms with E-state index in [-0.39, 0.29) is 0 Å². The number of fused-ring (bicyclic) bond motifs is 1. The summed E-state index contributed by atoms with van der Waals surface area (Å²) >= 11 is 0. The van der Waals surface area contributed by atoms with Gasteiger partial charge >= 0.3 is 0 Å². The van der Waals surface area contributed by atoms with Crippen molar-refractivity contribution >= 4 is 5.91 Å². The molecular formula is C10H16N2O. The van der Waals surface area contributed by atoms with Crippen molar-refractivity contribution in [1.82, 2.24) is 10.6 Å². The quantitative estimate of drug-likeness (QED) is 0.647. The van der Waals surface area contributed by atoms with Gasteiger partial charge in [0, 0.05) is 12.6 Å². The first kappa shape index (κ1) is 7.80. The Morgan fingerprint density at radius 3 is 2.85 bits per heavy atom. The summed E-state index contributed by atoms with van der Waals surface area (Å²) in [5.74, 6) is 2.05. The maximum Gasteiger partial charge on any atom is 0.225 e. The Hall–Kier alpha value is -0.570. The van der Waals surface area contributed by atoms with E-state index in [0.717, 1.165) is 19.0 Å². The van der Waals surface area contributed by atoms with Crippen molar-refractivity contribution < 1.29 is 4.79 Å². The normalized spacial score (nSPS) is 41.4. The van der Waals surface area contributed by atoms with Gasteiger partial charge in [-0.15, -0.1) is 0 Å². The van der Waals surface area contributed by atoms with Gasteiger partial charge in [0.25, 0.3) is 0 Å². The Kier molecular flexibility index (Phi) is 1.62. The maximum atomic E-state index is 11.7. The molecule has 0 unspecified atom stereocenters. The maximum absolute atomic E-state index is 11.7. The molecule has 4 aliphatic rings. The molecule has 1 amide bonds. The van der Waals surface area contributed by atoms with Crippen molar-refractivity contribution in [3.8, 4) is 0 Å². The molecular weight excluding hydrogens is 164 g/mol. The first-order valence-corrected chi connectivity index (χ1v) is 5.35. The summed E-state index contributed by atoms with van der Waals surface area (Å²) in [5, 5.41) is 6.44. The van der Waals surface area contributed by atoms with Crippen molar-refractivity contribution in [2.24, 2.45) is 17.8 Å². The van der Waals surface area contributed by atoms with Crippen LogP contribution in [0.2, 0.25) is 0 Å². The minimum absolute atomic E-state index is 0.304. The predicted octanol–water partition coefficient (Wildman–Crippen LogP) is 0.120. The lowest BCUT2D eigenvalue weighted by molar-refractivity contribution is -0.129. The zero-order chi connectivity index (χ0) is 8.84. The van der Waals surface area contributed by atoms with Gasteiger partial charge in [0.2, 0.25) is 5.91 Å². The highest BCUT2D eigenvalue weighted by Gasteiger charge is 2.50. The zero-order valence-corrected chi connectivity index (χ0v) is 7.75. The largest absolute Gasteiger partial charge is 0.356 e. The van der Waals surface area contributed by atoms with E-state index in [0.29, 0.717) is 23.8 Å². The van der Waals surface area contributed by atoms with Crippen molar-refractivity contribution in [2.75, 3.05) is 13.1 Å². The third-order valence-corrected chi connectivity index (χ3v) is 3.70. The number of hydrogen-bond acceptors (Lipinski definition) is 2. The summed E-state index contributed by atoms with van der Waals surface area (Å²) in [4.78, 5) is 11.7. The highest BCUT2D eigenvalue weighted by Crippen LogP contribution is 2.40. The molecule has 2 N–H and O–H groups in total. The second-order valence-electron chi connectivity index (χ2n) is 4.72. The highest BCUT2D eigenvalue weighted by molar-refractivity contribution is 5.81. The molecule has 3 heteroatoms. The molecule has 0 spiro atoms. The van der Waals surface area contributed by atoms with Gasteiger partial charge in [-0.1, -0.05) is 0 Å². The number of nitrogens with one attached hydrogen (secondary N) is 2. The molecule has 2 heterocycles. The second-order valence-corrected chi connectivity index (χ2v) is 4.72. The van der Waals surface area contributed by atoms with Gasteiger partial charge < -0.3 is 10.6 Å². The van der Waals surface area contributed by atoms with Gasteiger partial charge in [-0.2, -0.15) is 0 Å². The number of hydrogen-bond donors (Lipinski definition) is 2. The standard InChI is InChI=1S/C10H16N2O/c13-10(12-4-6-1-2-6)9-7-3-8(9)11-5-7/h6-9,11H,1-5H2,(H,12,13)/t7-,8+,9-/m1/s1. The topological polar surface area (TPSA) is 41.1 Å². The summed E-state index contributed by atoms with van der Waals surface area (Å²) < 4.78 is 0. The van der Waals surface area contributed by atoms with E-state index >= 15 is 0 Å². The Balaban J connectivity index is 1.50. The predicted molar refractivity (Wildman–Crippen MR) is 49.1 cm³/mol. The molecule has 3 nitrogen and oxygen atoms in total. The van der Waals surface area contributed by atoms with Crippen LogP contribution in [0.1, 0.15) is 19.3 Å². The minimum Gasteiger partial charge on any atom is -0.356 e. The molecule has 0 aromatic rings. The lowest BCUT2D eigenvalue weighted by atomic mass is 9.73. The van der Waals surface area contributed by atoms with E-state index in [9.17, 15) is 4.79 Å². The van der Waals surface area contributed by atoms with Gasteiger partial charge in [0.1, 0.15) is 0 Å². The van der Waals surface area contributed by atoms with Crippen LogP contribution >= 0.6 is 0 Å². The molecule has 0 aromatic heterocycles. The van der Waals surface area contributed by atoms with Crippen LogP contribution < -0.4 is 10.6 Å². The summed E-state index contributed by atoms with van der Waals surface area (Å²) in [6, 6.07) is 0.504. The average molecular weight is 180 g/mol. The van der Waals surface area contributed by atoms with Gasteiger partial charge in [-0.05, 0) is 37.6 Å². The van der Waals surface area contributed by atoms with Gasteiger partial charge in [-0.25, -0.2) is 0 Å². The molecule has 0 aromatic carbocycles. The van der Waals surface area contributed by atoms with Gasteiger partial charge in [0.05, 0.1) is 5.92 Å². The molecule has 4 fully saturated rings. The fourth-order valence-corrected chi connectivity index (χ4v) is 2.56. The zero-order valence-electron chi connectivity index (χ0n) is 7.75. The van der Waals surface area contributed by atoms with Gasteiger partial charge in [0.15, 0.2) is 0 Å². The van der Waals surface area contributed by atoms with Crippen LogP contribution in [0, 0.1) is 17.8 Å². The molecule has 13 heavy (non-hydrogen) atoms. The lowest BCUT2D eigenvalue weighted by Crippen LogP contribution is -2.47. The summed E-state index contributed by atoms with van der Waals surface area (Å²) in [5.41, 5.74) is 0. The summed E-state index contributed by atoms with van der Waals surface area (Å²) in [7, 11) is 0. The molecule has 0 radical (unpaired) electrons. The Morgan fingerprint density at radius 2 is 2.31 bits per heavy atom. The number of carbonyl (C=O) groups is 1. The first-order chi connectivity index (χ1) is 6.34. The number of rotatable bonds is 3. The molecule has 3 atom stereocenters. The van der Waals surface area contributed by atoms with E-state index < -0.39 is 0 Å². The highest BCUT2D eigenvalue weighted by atomic mass is 16.2. The second kappa shape index (κ2) is 2.71. The minimum atomic E-state index is 0.304. The Bertz CT molecular complexity index is 223. The van der Waals surface area contributed by atoms with E-state index in [1.807, 2.05) is 0 Å². The van der Waals surface area contributed by atoms with Crippen molar-refractivity contribution in [3.05, 3.63) is 0 Å². The molecule has 2 bridgehead atoms. The van der Waals surface area contributed by atoms with E-state index in [1.54, 1.807) is 0 Å². The smallest absolute Gasteiger partial charge is 0.225 e. The average Bonchev–Trinajstić information content (AvgIpc) is 2.62. The third-order valence-electron chi connectivity index (χ3n) is 3.70. The van der Waals surface area contributed by atoms with Crippen LogP contribution in [0.4, 0.5) is 0 Å². The van der Waals surface area contributed by atoms with Crippen LogP contribution in [0.25, 0.3) is 0 Å². The van der Waals surface area contributed by atoms with Gasteiger partial charge in [-0.3, -0.25) is 4.79 Å². The van der Waals surface area contributed by atoms with E-state index in [2.05, 4.69) is 10.6 Å². The molecule has 2 saturated heterocycles. The number of carbonyl (C=O) groups excluding carboxylic acids is 1. The van der Waals surface area contributed by atoms with Crippen LogP contribution in [-0.4, -0.2) is 25.0 Å². The molecule has 2 saturated carbocycles. The Labute approximate surface area is 78.3 Å². The van der Waals surface area contributed by atoms with Crippen LogP contribution in [0.3, 0.4) is 0 Å². The fourth-order valence-electron chi connectivity index (χ4n) is 2.56. The van der Waals surface area contributed by atoms with Crippen LogP contribution in [-0.2, 0) is 4.79 Å². The van der Waals surface area contributed by atoms with E-state index in [1.165, 1.54) is 19.3 Å². The Morgan fingerprint density at radius 1 is 1.46 bits per heavy atom. The summed E-state index contributed by atoms with van der Waals surface area (Å²) in [6.07, 6.45) is 3.85. The molecule has 4 rings (SSSR count). The lowest BCUT2D eigenvalue weighted by Gasteiger charge is -2.32.